The minimum Gasteiger partial charge on any atom is -0.306 e. The fraction of sp³-hybridized carbons (Fsp3) is 1.00. The molecule has 84 valence electrons. The molecule has 1 heterocycles. The van der Waals surface area contributed by atoms with Crippen LogP contribution in [0.5, 0.6) is 0 Å². The average Bonchev–Trinajstić information content (AvgIpc) is 2.14. The van der Waals surface area contributed by atoms with Crippen molar-refractivity contribution in [3.05, 3.63) is 0 Å². The Morgan fingerprint density at radius 1 is 1.71 bits per heavy atom. The van der Waals surface area contributed by atoms with Gasteiger partial charge in [-0.3, -0.25) is 4.57 Å². The summed E-state index contributed by atoms with van der Waals surface area (Å²) >= 11 is 5.62. The standard InChI is InChI=1S/C8H18ClN2O2P/c1-8-4-7-13-14(12,11(8)3)10(2)6-5-9/h8H,4-7H2,1-3H3. The van der Waals surface area contributed by atoms with Crippen LogP contribution in [-0.2, 0) is 9.09 Å². The van der Waals surface area contributed by atoms with Crippen LogP contribution in [0.3, 0.4) is 0 Å². The highest BCUT2D eigenvalue weighted by Gasteiger charge is 2.39. The Morgan fingerprint density at radius 3 is 2.93 bits per heavy atom. The molecule has 4 nitrogen and oxygen atoms in total. The van der Waals surface area contributed by atoms with Crippen LogP contribution < -0.4 is 0 Å². The molecule has 0 spiro atoms. The van der Waals surface area contributed by atoms with E-state index in [1.165, 1.54) is 0 Å². The minimum absolute atomic E-state index is 0.298. The minimum atomic E-state index is -2.79. The van der Waals surface area contributed by atoms with Crippen molar-refractivity contribution in [1.82, 2.24) is 9.34 Å². The molecular formula is C8H18ClN2O2P. The van der Waals surface area contributed by atoms with Gasteiger partial charge in [-0.2, -0.15) is 0 Å². The summed E-state index contributed by atoms with van der Waals surface area (Å²) in [6, 6.07) is 0.298. The van der Waals surface area contributed by atoms with Crippen LogP contribution >= 0.6 is 19.3 Å². The first-order chi connectivity index (χ1) is 6.52. The predicted octanol–water partition coefficient (Wildman–Crippen LogP) is 2.01. The molecule has 2 atom stereocenters. The molecule has 1 aliphatic rings. The van der Waals surface area contributed by atoms with E-state index in [-0.39, 0.29) is 0 Å². The van der Waals surface area contributed by atoms with E-state index >= 15 is 0 Å². The van der Waals surface area contributed by atoms with Crippen molar-refractivity contribution in [2.45, 2.75) is 19.4 Å². The Bertz CT molecular complexity index is 239. The zero-order chi connectivity index (χ0) is 10.8. The Kier molecular flexibility index (Phi) is 4.41. The smallest absolute Gasteiger partial charge is 0.306 e. The lowest BCUT2D eigenvalue weighted by Gasteiger charge is -2.40. The maximum atomic E-state index is 12.4. The fourth-order valence-electron chi connectivity index (χ4n) is 1.46. The Balaban J connectivity index is 2.75. The predicted molar refractivity (Wildman–Crippen MR) is 58.8 cm³/mol. The van der Waals surface area contributed by atoms with Crippen LogP contribution in [0.2, 0.25) is 0 Å². The summed E-state index contributed by atoms with van der Waals surface area (Å²) in [5, 5.41) is 0. The maximum Gasteiger partial charge on any atom is 0.345 e. The highest BCUT2D eigenvalue weighted by atomic mass is 35.5. The number of hydrogen-bond acceptors (Lipinski definition) is 2. The van der Waals surface area contributed by atoms with Gasteiger partial charge in [-0.15, -0.1) is 11.6 Å². The molecule has 6 heteroatoms. The molecule has 1 saturated heterocycles. The van der Waals surface area contributed by atoms with E-state index in [1.54, 1.807) is 11.7 Å². The van der Waals surface area contributed by atoms with E-state index in [4.69, 9.17) is 16.1 Å². The van der Waals surface area contributed by atoms with Gasteiger partial charge in [0.15, 0.2) is 0 Å². The van der Waals surface area contributed by atoms with Crippen LogP contribution in [0.25, 0.3) is 0 Å². The topological polar surface area (TPSA) is 32.8 Å². The molecule has 0 aromatic carbocycles. The molecule has 0 N–H and O–H groups in total. The second-order valence-corrected chi connectivity index (χ2v) is 6.54. The van der Waals surface area contributed by atoms with E-state index in [1.807, 2.05) is 11.7 Å². The van der Waals surface area contributed by atoms with E-state index in [9.17, 15) is 4.57 Å². The van der Waals surface area contributed by atoms with Crippen molar-refractivity contribution in [1.29, 1.82) is 0 Å². The van der Waals surface area contributed by atoms with Gasteiger partial charge in [0.05, 0.1) is 6.61 Å². The lowest BCUT2D eigenvalue weighted by atomic mass is 10.2. The van der Waals surface area contributed by atoms with E-state index in [2.05, 4.69) is 6.92 Å². The summed E-state index contributed by atoms with van der Waals surface area (Å²) in [6.07, 6.45) is 0.926. The van der Waals surface area contributed by atoms with Crippen molar-refractivity contribution >= 4 is 19.3 Å². The summed E-state index contributed by atoms with van der Waals surface area (Å²) in [4.78, 5) is 0. The van der Waals surface area contributed by atoms with Gasteiger partial charge < -0.3 is 4.52 Å². The summed E-state index contributed by atoms with van der Waals surface area (Å²) < 4.78 is 21.4. The largest absolute Gasteiger partial charge is 0.345 e. The quantitative estimate of drug-likeness (QED) is 0.558. The number of halogens is 1. The van der Waals surface area contributed by atoms with Gasteiger partial charge in [-0.25, -0.2) is 9.34 Å². The molecule has 0 amide bonds. The zero-order valence-electron chi connectivity index (χ0n) is 8.94. The Labute approximate surface area is 90.7 Å². The third kappa shape index (κ3) is 2.31. The molecule has 0 bridgehead atoms. The monoisotopic (exact) mass is 240 g/mol. The first-order valence-electron chi connectivity index (χ1n) is 4.78. The van der Waals surface area contributed by atoms with Crippen molar-refractivity contribution in [3.63, 3.8) is 0 Å². The molecule has 0 radical (unpaired) electrons. The number of alkyl halides is 1. The molecular weight excluding hydrogens is 223 g/mol. The molecule has 0 aliphatic carbocycles. The first kappa shape index (κ1) is 12.5. The Morgan fingerprint density at radius 2 is 2.36 bits per heavy atom. The zero-order valence-corrected chi connectivity index (χ0v) is 10.6. The SMILES string of the molecule is CC1CCOP(=O)(N(C)CCCl)N1C. The van der Waals surface area contributed by atoms with Crippen LogP contribution in [0.15, 0.2) is 0 Å². The molecule has 1 aliphatic heterocycles. The van der Waals surface area contributed by atoms with E-state index < -0.39 is 7.67 Å². The van der Waals surface area contributed by atoms with Gasteiger partial charge in [0.25, 0.3) is 0 Å². The third-order valence-electron chi connectivity index (χ3n) is 2.67. The molecule has 2 unspecified atom stereocenters. The normalized spacial score (nSPS) is 35.1. The van der Waals surface area contributed by atoms with Crippen LogP contribution in [0.4, 0.5) is 0 Å². The molecule has 1 rings (SSSR count). The van der Waals surface area contributed by atoms with Gasteiger partial charge in [0.2, 0.25) is 0 Å². The van der Waals surface area contributed by atoms with Crippen molar-refractivity contribution in [3.8, 4) is 0 Å². The molecule has 0 aromatic rings. The first-order valence-corrected chi connectivity index (χ1v) is 6.84. The Hall–Kier alpha value is 0.400. The van der Waals surface area contributed by atoms with E-state index in [0.717, 1.165) is 6.42 Å². The van der Waals surface area contributed by atoms with Crippen molar-refractivity contribution < 1.29 is 9.09 Å². The molecule has 14 heavy (non-hydrogen) atoms. The van der Waals surface area contributed by atoms with Crippen LogP contribution in [0, 0.1) is 0 Å². The fourth-order valence-corrected chi connectivity index (χ4v) is 4.00. The maximum absolute atomic E-state index is 12.4. The van der Waals surface area contributed by atoms with E-state index in [0.29, 0.717) is 25.1 Å². The van der Waals surface area contributed by atoms with Gasteiger partial charge in [0.1, 0.15) is 0 Å². The number of nitrogens with zero attached hydrogens (tertiary/aromatic N) is 2. The highest BCUT2D eigenvalue weighted by Crippen LogP contribution is 2.55. The van der Waals surface area contributed by atoms with Gasteiger partial charge in [0, 0.05) is 18.5 Å². The number of rotatable bonds is 3. The highest BCUT2D eigenvalue weighted by molar-refractivity contribution is 7.54. The van der Waals surface area contributed by atoms with Crippen molar-refractivity contribution in [2.75, 3.05) is 33.1 Å². The van der Waals surface area contributed by atoms with Crippen molar-refractivity contribution in [2.24, 2.45) is 0 Å². The lowest BCUT2D eigenvalue weighted by molar-refractivity contribution is 0.154. The van der Waals surface area contributed by atoms with Gasteiger partial charge in [-0.1, -0.05) is 0 Å². The van der Waals surface area contributed by atoms with Gasteiger partial charge in [-0.05, 0) is 27.4 Å². The summed E-state index contributed by atoms with van der Waals surface area (Å²) in [5.74, 6) is 0.464. The summed E-state index contributed by atoms with van der Waals surface area (Å²) in [7, 11) is 0.846. The summed E-state index contributed by atoms with van der Waals surface area (Å²) in [6.45, 7) is 3.20. The average molecular weight is 241 g/mol. The second-order valence-electron chi connectivity index (χ2n) is 3.61. The summed E-state index contributed by atoms with van der Waals surface area (Å²) in [5.41, 5.74) is 0. The lowest BCUT2D eigenvalue weighted by Crippen LogP contribution is -2.39. The molecule has 1 fully saturated rings. The molecule has 0 saturated carbocycles. The van der Waals surface area contributed by atoms with Crippen LogP contribution in [0.1, 0.15) is 13.3 Å². The second kappa shape index (κ2) is 4.95. The third-order valence-corrected chi connectivity index (χ3v) is 5.61. The number of hydrogen-bond donors (Lipinski definition) is 0. The van der Waals surface area contributed by atoms with Crippen LogP contribution in [-0.4, -0.2) is 48.5 Å². The molecule has 0 aromatic heterocycles. The van der Waals surface area contributed by atoms with Gasteiger partial charge >= 0.3 is 7.67 Å².